The van der Waals surface area contributed by atoms with Crippen LogP contribution in [0, 0.1) is 11.8 Å². The Hall–Kier alpha value is -1.67. The summed E-state index contributed by atoms with van der Waals surface area (Å²) in [6, 6.07) is 2.10. The van der Waals surface area contributed by atoms with Crippen LogP contribution in [0.2, 0.25) is 0 Å². The molecule has 9 heteroatoms. The zero-order valence-corrected chi connectivity index (χ0v) is 15.9. The molecule has 0 unspecified atom stereocenters. The SMILES string of the molecule is CC#CCOOOO.c1c(OCCN2CCCOCC2)nn2c1CCCC2. The van der Waals surface area contributed by atoms with E-state index in [4.69, 9.17) is 14.7 Å². The minimum atomic E-state index is 0.0804. The molecule has 152 valence electrons. The second-order valence-corrected chi connectivity index (χ2v) is 6.14. The standard InChI is InChI=1S/C14H23N3O2.C4H6O4/c1-2-6-17-13(4-1)12-14(15-17)19-11-8-16-5-3-9-18-10-7-16;1-2-3-4-6-8-7-5/h12H,1-11H2;5H,4H2,1H3. The highest BCUT2D eigenvalue weighted by atomic mass is 17.6. The first-order chi connectivity index (χ1) is 13.3. The molecule has 0 atom stereocenters. The third kappa shape index (κ3) is 8.71. The van der Waals surface area contributed by atoms with Crippen molar-refractivity contribution in [1.29, 1.82) is 0 Å². The van der Waals surface area contributed by atoms with Crippen LogP contribution in [0.1, 0.15) is 31.9 Å². The van der Waals surface area contributed by atoms with Crippen LogP contribution >= 0.6 is 0 Å². The molecule has 0 saturated carbocycles. The number of hydrogen-bond acceptors (Lipinski definition) is 8. The highest BCUT2D eigenvalue weighted by Crippen LogP contribution is 2.19. The molecule has 2 aliphatic rings. The second kappa shape index (κ2) is 13.5. The first kappa shape index (κ1) is 21.6. The summed E-state index contributed by atoms with van der Waals surface area (Å²) in [5.74, 6) is 5.82. The van der Waals surface area contributed by atoms with E-state index in [0.29, 0.717) is 0 Å². The monoisotopic (exact) mass is 383 g/mol. The molecular formula is C18H29N3O6. The van der Waals surface area contributed by atoms with Crippen LogP contribution in [0.5, 0.6) is 5.88 Å². The molecule has 1 N–H and O–H groups in total. The molecule has 1 aromatic rings. The van der Waals surface area contributed by atoms with Crippen molar-refractivity contribution in [2.45, 2.75) is 39.2 Å². The van der Waals surface area contributed by atoms with E-state index in [1.54, 1.807) is 6.92 Å². The van der Waals surface area contributed by atoms with Crippen molar-refractivity contribution in [3.05, 3.63) is 11.8 Å². The highest BCUT2D eigenvalue weighted by Gasteiger charge is 2.13. The first-order valence-corrected chi connectivity index (χ1v) is 9.32. The van der Waals surface area contributed by atoms with Crippen molar-refractivity contribution < 1.29 is 29.7 Å². The fourth-order valence-electron chi connectivity index (χ4n) is 2.91. The van der Waals surface area contributed by atoms with E-state index in [-0.39, 0.29) is 6.61 Å². The Labute approximate surface area is 159 Å². The summed E-state index contributed by atoms with van der Waals surface area (Å²) < 4.78 is 13.3. The molecule has 0 bridgehead atoms. The summed E-state index contributed by atoms with van der Waals surface area (Å²) >= 11 is 0. The summed E-state index contributed by atoms with van der Waals surface area (Å²) in [5.41, 5.74) is 1.32. The lowest BCUT2D eigenvalue weighted by Crippen LogP contribution is -2.30. The molecule has 1 aromatic heterocycles. The zero-order chi connectivity index (χ0) is 19.2. The minimum Gasteiger partial charge on any atom is -0.475 e. The Bertz CT molecular complexity index is 552. The van der Waals surface area contributed by atoms with Crippen molar-refractivity contribution in [2.75, 3.05) is 46.1 Å². The van der Waals surface area contributed by atoms with Crippen molar-refractivity contribution >= 4 is 0 Å². The largest absolute Gasteiger partial charge is 0.475 e. The Kier molecular flexibility index (Phi) is 10.8. The van der Waals surface area contributed by atoms with Gasteiger partial charge in [0, 0.05) is 44.5 Å². The lowest BCUT2D eigenvalue weighted by Gasteiger charge is -2.18. The fraction of sp³-hybridized carbons (Fsp3) is 0.722. The molecule has 27 heavy (non-hydrogen) atoms. The number of aryl methyl sites for hydroxylation is 2. The van der Waals surface area contributed by atoms with Gasteiger partial charge < -0.3 is 9.47 Å². The Morgan fingerprint density at radius 2 is 2.15 bits per heavy atom. The maximum absolute atomic E-state index is 7.47. The van der Waals surface area contributed by atoms with Crippen molar-refractivity contribution in [3.8, 4) is 17.7 Å². The van der Waals surface area contributed by atoms with Crippen LogP contribution in [0.25, 0.3) is 0 Å². The molecule has 1 fully saturated rings. The normalized spacial score (nSPS) is 17.0. The van der Waals surface area contributed by atoms with Gasteiger partial charge in [0.25, 0.3) is 0 Å². The molecule has 0 aromatic carbocycles. The molecule has 3 heterocycles. The van der Waals surface area contributed by atoms with Crippen LogP contribution in [0.3, 0.4) is 0 Å². The van der Waals surface area contributed by atoms with Gasteiger partial charge in [-0.15, -0.1) is 11.0 Å². The van der Waals surface area contributed by atoms with E-state index in [0.717, 1.165) is 64.7 Å². The first-order valence-electron chi connectivity index (χ1n) is 9.32. The van der Waals surface area contributed by atoms with Crippen molar-refractivity contribution in [3.63, 3.8) is 0 Å². The number of aromatic nitrogens is 2. The third-order valence-electron chi connectivity index (χ3n) is 4.25. The summed E-state index contributed by atoms with van der Waals surface area (Å²) in [4.78, 5) is 6.48. The number of ether oxygens (including phenoxy) is 2. The fourth-order valence-corrected chi connectivity index (χ4v) is 2.91. The number of hydrogen-bond donors (Lipinski definition) is 1. The molecule has 3 rings (SSSR count). The van der Waals surface area contributed by atoms with E-state index in [1.807, 2.05) is 0 Å². The van der Waals surface area contributed by atoms with Crippen LogP contribution in [-0.4, -0.2) is 66.0 Å². The second-order valence-electron chi connectivity index (χ2n) is 6.14. The summed E-state index contributed by atoms with van der Waals surface area (Å²) in [6.07, 6.45) is 4.78. The molecule has 0 spiro atoms. The number of rotatable bonds is 7. The van der Waals surface area contributed by atoms with E-state index < -0.39 is 0 Å². The van der Waals surface area contributed by atoms with Gasteiger partial charge in [0.2, 0.25) is 5.88 Å². The topological polar surface area (TPSA) is 87.4 Å². The van der Waals surface area contributed by atoms with Gasteiger partial charge in [0.15, 0.2) is 0 Å². The van der Waals surface area contributed by atoms with Crippen LogP contribution < -0.4 is 4.74 Å². The van der Waals surface area contributed by atoms with Gasteiger partial charge in [0.1, 0.15) is 13.2 Å². The molecule has 0 amide bonds. The predicted molar refractivity (Wildman–Crippen MR) is 96.7 cm³/mol. The van der Waals surface area contributed by atoms with Crippen LogP contribution in [0.15, 0.2) is 6.07 Å². The van der Waals surface area contributed by atoms with Crippen molar-refractivity contribution in [2.24, 2.45) is 0 Å². The van der Waals surface area contributed by atoms with Gasteiger partial charge in [-0.3, -0.25) is 9.58 Å². The lowest BCUT2D eigenvalue weighted by atomic mass is 10.1. The van der Waals surface area contributed by atoms with E-state index in [2.05, 4.69) is 47.6 Å². The Morgan fingerprint density at radius 1 is 1.22 bits per heavy atom. The molecule has 2 aliphatic heterocycles. The van der Waals surface area contributed by atoms with Gasteiger partial charge >= 0.3 is 0 Å². The minimum absolute atomic E-state index is 0.0804. The van der Waals surface area contributed by atoms with E-state index in [9.17, 15) is 0 Å². The summed E-state index contributed by atoms with van der Waals surface area (Å²) in [6.45, 7) is 8.33. The third-order valence-corrected chi connectivity index (χ3v) is 4.25. The number of nitrogens with zero attached hydrogens (tertiary/aromatic N) is 3. The lowest BCUT2D eigenvalue weighted by molar-refractivity contribution is -0.620. The van der Waals surface area contributed by atoms with Crippen molar-refractivity contribution in [1.82, 2.24) is 14.7 Å². The smallest absolute Gasteiger partial charge is 0.233 e. The maximum atomic E-state index is 7.47. The van der Waals surface area contributed by atoms with Gasteiger partial charge in [-0.05, 0) is 42.7 Å². The van der Waals surface area contributed by atoms with Crippen LogP contribution in [0.4, 0.5) is 0 Å². The highest BCUT2D eigenvalue weighted by molar-refractivity contribution is 5.16. The van der Waals surface area contributed by atoms with Gasteiger partial charge in [-0.2, -0.15) is 4.89 Å². The molecule has 9 nitrogen and oxygen atoms in total. The Morgan fingerprint density at radius 3 is 2.96 bits per heavy atom. The van der Waals surface area contributed by atoms with E-state index >= 15 is 0 Å². The van der Waals surface area contributed by atoms with E-state index in [1.165, 1.54) is 18.5 Å². The zero-order valence-electron chi connectivity index (χ0n) is 15.9. The van der Waals surface area contributed by atoms with Gasteiger partial charge in [-0.1, -0.05) is 5.92 Å². The molecule has 0 radical (unpaired) electrons. The maximum Gasteiger partial charge on any atom is 0.233 e. The molecule has 0 aliphatic carbocycles. The average molecular weight is 383 g/mol. The quantitative estimate of drug-likeness (QED) is 0.329. The summed E-state index contributed by atoms with van der Waals surface area (Å²) in [7, 11) is 0. The average Bonchev–Trinajstić information content (AvgIpc) is 2.92. The Balaban J connectivity index is 0.000000279. The van der Waals surface area contributed by atoms with Gasteiger partial charge in [0.05, 0.1) is 6.61 Å². The van der Waals surface area contributed by atoms with Crippen LogP contribution in [-0.2, 0) is 32.7 Å². The number of fused-ring (bicyclic) bond motifs is 1. The summed E-state index contributed by atoms with van der Waals surface area (Å²) in [5, 5.41) is 18.7. The molecular weight excluding hydrogens is 354 g/mol. The predicted octanol–water partition coefficient (Wildman–Crippen LogP) is 1.68. The molecule has 1 saturated heterocycles. The van der Waals surface area contributed by atoms with Gasteiger partial charge in [-0.25, -0.2) is 5.26 Å².